The zero-order valence-corrected chi connectivity index (χ0v) is 10.3. The third-order valence-electron chi connectivity index (χ3n) is 3.45. The normalized spacial score (nSPS) is 19.1. The van der Waals surface area contributed by atoms with Crippen molar-refractivity contribution >= 4 is 11.7 Å². The number of rotatable bonds is 2. The zero-order chi connectivity index (χ0) is 12.5. The number of carboxylic acid groups (broad SMARTS) is 1. The number of aromatic carboxylic acids is 1. The SMILES string of the molecule is CC1(C)CCN(c2cccnc2C(=O)O)CC1. The van der Waals surface area contributed by atoms with Gasteiger partial charge in [-0.1, -0.05) is 13.8 Å². The Bertz CT molecular complexity index is 419. The van der Waals surface area contributed by atoms with Crippen LogP contribution in [0.4, 0.5) is 5.69 Å². The first kappa shape index (κ1) is 11.9. The van der Waals surface area contributed by atoms with Crippen LogP contribution in [0, 0.1) is 5.41 Å². The molecule has 4 heteroatoms. The zero-order valence-electron chi connectivity index (χ0n) is 10.3. The van der Waals surface area contributed by atoms with Gasteiger partial charge in [-0.25, -0.2) is 9.78 Å². The molecule has 1 saturated heterocycles. The van der Waals surface area contributed by atoms with Gasteiger partial charge < -0.3 is 10.0 Å². The number of piperidine rings is 1. The molecule has 0 bridgehead atoms. The van der Waals surface area contributed by atoms with Gasteiger partial charge in [0.15, 0.2) is 5.69 Å². The van der Waals surface area contributed by atoms with Crippen molar-refractivity contribution in [3.8, 4) is 0 Å². The first-order chi connectivity index (χ1) is 7.99. The van der Waals surface area contributed by atoms with E-state index in [1.54, 1.807) is 6.07 Å². The second kappa shape index (κ2) is 4.35. The monoisotopic (exact) mass is 234 g/mol. The summed E-state index contributed by atoms with van der Waals surface area (Å²) in [6.07, 6.45) is 3.70. The lowest BCUT2D eigenvalue weighted by molar-refractivity contribution is 0.0691. The smallest absolute Gasteiger partial charge is 0.356 e. The van der Waals surface area contributed by atoms with E-state index in [2.05, 4.69) is 23.7 Å². The van der Waals surface area contributed by atoms with Gasteiger partial charge in [0, 0.05) is 19.3 Å². The summed E-state index contributed by atoms with van der Waals surface area (Å²) in [4.78, 5) is 17.2. The molecular formula is C13H18N2O2. The largest absolute Gasteiger partial charge is 0.476 e. The molecule has 1 N–H and O–H groups in total. The van der Waals surface area contributed by atoms with Crippen LogP contribution in [-0.2, 0) is 0 Å². The fourth-order valence-electron chi connectivity index (χ4n) is 2.17. The Hall–Kier alpha value is -1.58. The maximum atomic E-state index is 11.1. The van der Waals surface area contributed by atoms with Crippen molar-refractivity contribution in [2.45, 2.75) is 26.7 Å². The van der Waals surface area contributed by atoms with Crippen LogP contribution in [0.2, 0.25) is 0 Å². The summed E-state index contributed by atoms with van der Waals surface area (Å²) in [6.45, 7) is 6.31. The van der Waals surface area contributed by atoms with Crippen LogP contribution in [0.1, 0.15) is 37.2 Å². The number of carbonyl (C=O) groups is 1. The Morgan fingerprint density at radius 3 is 2.65 bits per heavy atom. The van der Waals surface area contributed by atoms with Crippen molar-refractivity contribution in [2.24, 2.45) is 5.41 Å². The Morgan fingerprint density at radius 2 is 2.06 bits per heavy atom. The van der Waals surface area contributed by atoms with Gasteiger partial charge in [0.05, 0.1) is 5.69 Å². The van der Waals surface area contributed by atoms with Crippen LogP contribution < -0.4 is 4.90 Å². The Balaban J connectivity index is 2.21. The number of nitrogens with zero attached hydrogens (tertiary/aromatic N) is 2. The lowest BCUT2D eigenvalue weighted by Crippen LogP contribution is -2.38. The highest BCUT2D eigenvalue weighted by atomic mass is 16.4. The average Bonchev–Trinajstić information content (AvgIpc) is 2.29. The van der Waals surface area contributed by atoms with E-state index in [0.717, 1.165) is 31.6 Å². The summed E-state index contributed by atoms with van der Waals surface area (Å²) in [5.41, 5.74) is 1.27. The fourth-order valence-corrected chi connectivity index (χ4v) is 2.17. The maximum absolute atomic E-state index is 11.1. The molecule has 0 aliphatic carbocycles. The van der Waals surface area contributed by atoms with Gasteiger partial charge in [0.2, 0.25) is 0 Å². The van der Waals surface area contributed by atoms with Crippen LogP contribution in [-0.4, -0.2) is 29.1 Å². The molecule has 17 heavy (non-hydrogen) atoms. The topological polar surface area (TPSA) is 53.4 Å². The molecule has 2 rings (SSSR count). The third kappa shape index (κ3) is 2.57. The van der Waals surface area contributed by atoms with Crippen molar-refractivity contribution in [1.82, 2.24) is 4.98 Å². The van der Waals surface area contributed by atoms with E-state index in [0.29, 0.717) is 5.41 Å². The summed E-state index contributed by atoms with van der Waals surface area (Å²) in [7, 11) is 0. The molecule has 0 saturated carbocycles. The lowest BCUT2D eigenvalue weighted by atomic mass is 9.82. The molecule has 1 aromatic heterocycles. The highest BCUT2D eigenvalue weighted by Crippen LogP contribution is 2.32. The Labute approximate surface area is 101 Å². The van der Waals surface area contributed by atoms with Crippen molar-refractivity contribution < 1.29 is 9.90 Å². The maximum Gasteiger partial charge on any atom is 0.356 e. The van der Waals surface area contributed by atoms with E-state index in [4.69, 9.17) is 5.11 Å². The first-order valence-electron chi connectivity index (χ1n) is 5.93. The van der Waals surface area contributed by atoms with Crippen molar-refractivity contribution in [1.29, 1.82) is 0 Å². The third-order valence-corrected chi connectivity index (χ3v) is 3.45. The Kier molecular flexibility index (Phi) is 3.05. The minimum Gasteiger partial charge on any atom is -0.476 e. The summed E-state index contributed by atoms with van der Waals surface area (Å²) in [5, 5.41) is 9.11. The molecule has 0 amide bonds. The number of anilines is 1. The molecule has 92 valence electrons. The van der Waals surface area contributed by atoms with Gasteiger partial charge in [-0.3, -0.25) is 0 Å². The number of aromatic nitrogens is 1. The van der Waals surface area contributed by atoms with Gasteiger partial charge in [-0.2, -0.15) is 0 Å². The lowest BCUT2D eigenvalue weighted by Gasteiger charge is -2.38. The van der Waals surface area contributed by atoms with E-state index in [9.17, 15) is 4.79 Å². The van der Waals surface area contributed by atoms with Crippen LogP contribution in [0.3, 0.4) is 0 Å². The molecule has 2 heterocycles. The molecular weight excluding hydrogens is 216 g/mol. The first-order valence-corrected chi connectivity index (χ1v) is 5.93. The minimum atomic E-state index is -0.953. The second-order valence-electron chi connectivity index (χ2n) is 5.33. The van der Waals surface area contributed by atoms with Gasteiger partial charge >= 0.3 is 5.97 Å². The van der Waals surface area contributed by atoms with Gasteiger partial charge in [-0.05, 0) is 30.4 Å². The quantitative estimate of drug-likeness (QED) is 0.853. The van der Waals surface area contributed by atoms with Gasteiger partial charge in [0.1, 0.15) is 0 Å². The molecule has 1 fully saturated rings. The van der Waals surface area contributed by atoms with Gasteiger partial charge in [0.25, 0.3) is 0 Å². The van der Waals surface area contributed by atoms with E-state index in [-0.39, 0.29) is 5.69 Å². The van der Waals surface area contributed by atoms with Crippen LogP contribution in [0.25, 0.3) is 0 Å². The fraction of sp³-hybridized carbons (Fsp3) is 0.538. The highest BCUT2D eigenvalue weighted by Gasteiger charge is 2.27. The van der Waals surface area contributed by atoms with E-state index in [1.807, 2.05) is 6.07 Å². The van der Waals surface area contributed by atoms with Crippen molar-refractivity contribution in [2.75, 3.05) is 18.0 Å². The Morgan fingerprint density at radius 1 is 1.41 bits per heavy atom. The molecule has 0 spiro atoms. The van der Waals surface area contributed by atoms with Crippen LogP contribution >= 0.6 is 0 Å². The van der Waals surface area contributed by atoms with Gasteiger partial charge in [-0.15, -0.1) is 0 Å². The number of pyridine rings is 1. The van der Waals surface area contributed by atoms with Crippen LogP contribution in [0.5, 0.6) is 0 Å². The summed E-state index contributed by atoms with van der Waals surface area (Å²) >= 11 is 0. The molecule has 1 aliphatic rings. The average molecular weight is 234 g/mol. The summed E-state index contributed by atoms with van der Waals surface area (Å²) in [6, 6.07) is 3.64. The molecule has 0 atom stereocenters. The molecule has 0 aromatic carbocycles. The van der Waals surface area contributed by atoms with E-state index in [1.165, 1.54) is 6.20 Å². The highest BCUT2D eigenvalue weighted by molar-refractivity contribution is 5.92. The molecule has 1 aliphatic heterocycles. The number of hydrogen-bond donors (Lipinski definition) is 1. The second-order valence-corrected chi connectivity index (χ2v) is 5.33. The van der Waals surface area contributed by atoms with Crippen LogP contribution in [0.15, 0.2) is 18.3 Å². The number of hydrogen-bond acceptors (Lipinski definition) is 3. The minimum absolute atomic E-state index is 0.159. The standard InChI is InChI=1S/C13H18N2O2/c1-13(2)5-8-15(9-6-13)10-4-3-7-14-11(10)12(16)17/h3-4,7H,5-6,8-9H2,1-2H3,(H,16,17). The van der Waals surface area contributed by atoms with Crippen molar-refractivity contribution in [3.05, 3.63) is 24.0 Å². The predicted molar refractivity (Wildman–Crippen MR) is 66.4 cm³/mol. The van der Waals surface area contributed by atoms with E-state index >= 15 is 0 Å². The van der Waals surface area contributed by atoms with E-state index < -0.39 is 5.97 Å². The molecule has 1 aromatic rings. The molecule has 0 unspecified atom stereocenters. The number of carboxylic acids is 1. The summed E-state index contributed by atoms with van der Waals surface area (Å²) < 4.78 is 0. The molecule has 4 nitrogen and oxygen atoms in total. The van der Waals surface area contributed by atoms with Crippen molar-refractivity contribution in [3.63, 3.8) is 0 Å². The molecule has 0 radical (unpaired) electrons. The predicted octanol–water partition coefficient (Wildman–Crippen LogP) is 2.41. The summed E-state index contributed by atoms with van der Waals surface area (Å²) in [5.74, 6) is -0.953.